The lowest BCUT2D eigenvalue weighted by Crippen LogP contribution is -2.44. The van der Waals surface area contributed by atoms with Gasteiger partial charge in [0.15, 0.2) is 6.10 Å². The van der Waals surface area contributed by atoms with Gasteiger partial charge >= 0.3 is 18.0 Å². The molecule has 0 saturated heterocycles. The van der Waals surface area contributed by atoms with Crippen molar-refractivity contribution >= 4 is 44.5 Å². The summed E-state index contributed by atoms with van der Waals surface area (Å²) >= 11 is 1.21. The Bertz CT molecular complexity index is 932. The van der Waals surface area contributed by atoms with E-state index in [1.165, 1.54) is 30.3 Å². The van der Waals surface area contributed by atoms with Gasteiger partial charge in [0, 0.05) is 37.9 Å². The minimum atomic E-state index is -0.752. The molecule has 0 radical (unpaired) electrons. The molecule has 210 valence electrons. The summed E-state index contributed by atoms with van der Waals surface area (Å²) < 4.78 is 15.9. The molecule has 0 aliphatic carbocycles. The van der Waals surface area contributed by atoms with Crippen molar-refractivity contribution in [1.29, 1.82) is 0 Å². The Morgan fingerprint density at radius 2 is 1.78 bits per heavy atom. The van der Waals surface area contributed by atoms with E-state index in [4.69, 9.17) is 14.2 Å². The summed E-state index contributed by atoms with van der Waals surface area (Å²) in [7, 11) is 5.55. The molecular weight excluding hydrogens is 517 g/mol. The maximum absolute atomic E-state index is 12.9. The van der Waals surface area contributed by atoms with Crippen LogP contribution in [0.15, 0.2) is 5.38 Å². The number of ether oxygens (including phenoxy) is 3. The number of methoxy groups -OCH3 is 1. The Morgan fingerprint density at radius 1 is 1.16 bits per heavy atom. The largest absolute Gasteiger partial charge is 0.469 e. The number of nitrogens with zero attached hydrogens (tertiary/aromatic N) is 2. The van der Waals surface area contributed by atoms with Crippen LogP contribution in [-0.2, 0) is 23.8 Å². The van der Waals surface area contributed by atoms with Crippen LogP contribution in [0, 0.1) is 11.8 Å². The fraction of sp³-hybridized carbons (Fsp3) is 0.720. The summed E-state index contributed by atoms with van der Waals surface area (Å²) in [6, 6.07) is -0.588. The molecule has 0 aliphatic rings. The van der Waals surface area contributed by atoms with Crippen LogP contribution in [0.2, 0.25) is 0 Å². The number of amides is 2. The number of esters is 2. The molecule has 0 aliphatic heterocycles. The van der Waals surface area contributed by atoms with Gasteiger partial charge in [0.1, 0.15) is 16.3 Å². The lowest BCUT2D eigenvalue weighted by Gasteiger charge is -2.34. The molecule has 1 aromatic heterocycles. The molecular formula is C25H42N3O7PS. The van der Waals surface area contributed by atoms with Crippen molar-refractivity contribution in [3.63, 3.8) is 0 Å². The molecule has 1 rings (SSSR count). The highest BCUT2D eigenvalue weighted by Gasteiger charge is 2.33. The Labute approximate surface area is 226 Å². The van der Waals surface area contributed by atoms with Crippen LogP contribution in [-0.4, -0.2) is 71.8 Å². The Morgan fingerprint density at radius 3 is 2.27 bits per heavy atom. The van der Waals surface area contributed by atoms with Crippen LogP contribution in [0.25, 0.3) is 0 Å². The Kier molecular flexibility index (Phi) is 12.9. The molecule has 5 atom stereocenters. The van der Waals surface area contributed by atoms with Crippen molar-refractivity contribution in [2.75, 3.05) is 20.3 Å². The summed E-state index contributed by atoms with van der Waals surface area (Å²) in [4.78, 5) is 55.2. The van der Waals surface area contributed by atoms with Crippen LogP contribution in [0.3, 0.4) is 0 Å². The van der Waals surface area contributed by atoms with Gasteiger partial charge in [-0.05, 0) is 39.3 Å². The molecule has 1 heterocycles. The molecule has 0 spiro atoms. The highest BCUT2D eigenvalue weighted by Crippen LogP contribution is 2.31. The molecule has 1 unspecified atom stereocenters. The number of nitrogens with one attached hydrogen (secondary N) is 1. The normalized spacial score (nSPS) is 14.8. The molecule has 1 N–H and O–H groups in total. The molecule has 2 amide bonds. The van der Waals surface area contributed by atoms with Gasteiger partial charge < -0.3 is 24.4 Å². The third kappa shape index (κ3) is 10.9. The van der Waals surface area contributed by atoms with E-state index in [0.29, 0.717) is 17.6 Å². The van der Waals surface area contributed by atoms with Gasteiger partial charge in [-0.1, -0.05) is 20.8 Å². The van der Waals surface area contributed by atoms with Crippen molar-refractivity contribution in [2.24, 2.45) is 11.8 Å². The fourth-order valence-corrected chi connectivity index (χ4v) is 4.85. The molecule has 0 saturated carbocycles. The zero-order valence-corrected chi connectivity index (χ0v) is 25.3. The van der Waals surface area contributed by atoms with E-state index in [1.54, 1.807) is 40.1 Å². The van der Waals surface area contributed by atoms with E-state index in [-0.39, 0.29) is 47.9 Å². The molecule has 10 nitrogen and oxygen atoms in total. The monoisotopic (exact) mass is 559 g/mol. The van der Waals surface area contributed by atoms with Crippen molar-refractivity contribution in [2.45, 2.75) is 85.1 Å². The lowest BCUT2D eigenvalue weighted by molar-refractivity contribution is -0.148. The third-order valence-corrected chi connectivity index (χ3v) is 7.11. The zero-order valence-electron chi connectivity index (χ0n) is 23.3. The standard InChI is InChI=1S/C25H42N3O7PS/c1-14(2)19(28(8)24(32)35-25(5,6)7)11-20(34-16(4)29)22-27-18(13-37-22)21(30)26-17(12-36)10-15(3)23(31)33-9/h13-15,17,19-20H,10-12,36H2,1-9H3,(H,26,30)/t15-,17+,19+,20+/m0/s1. The average molecular weight is 560 g/mol. The molecule has 1 aromatic rings. The second-order valence-electron chi connectivity index (χ2n) is 10.4. The van der Waals surface area contributed by atoms with Crippen LogP contribution < -0.4 is 5.32 Å². The highest BCUT2D eigenvalue weighted by atomic mass is 32.1. The third-order valence-electron chi connectivity index (χ3n) is 5.60. The predicted molar refractivity (Wildman–Crippen MR) is 145 cm³/mol. The summed E-state index contributed by atoms with van der Waals surface area (Å²) in [5.74, 6) is -1.56. The number of aromatic nitrogens is 1. The SMILES string of the molecule is COC(=O)[C@@H](C)C[C@H](CP)NC(=O)c1csc([C@@H](C[C@H](C(C)C)N(C)C(=O)OC(C)(C)C)OC(C)=O)n1. The minimum absolute atomic E-state index is 0.0259. The first kappa shape index (κ1) is 32.8. The molecule has 12 heteroatoms. The van der Waals surface area contributed by atoms with Crippen LogP contribution >= 0.6 is 20.6 Å². The molecule has 0 fully saturated rings. The summed E-state index contributed by atoms with van der Waals surface area (Å²) in [5.41, 5.74) is -0.462. The van der Waals surface area contributed by atoms with E-state index in [2.05, 4.69) is 19.5 Å². The number of rotatable bonds is 12. The number of hydrogen-bond acceptors (Lipinski definition) is 9. The van der Waals surface area contributed by atoms with Crippen molar-refractivity contribution in [3.05, 3.63) is 16.1 Å². The van der Waals surface area contributed by atoms with Crippen molar-refractivity contribution < 1.29 is 33.4 Å². The summed E-state index contributed by atoms with van der Waals surface area (Å²) in [5, 5.41) is 4.96. The van der Waals surface area contributed by atoms with Gasteiger partial charge in [0.2, 0.25) is 0 Å². The topological polar surface area (TPSA) is 124 Å². The predicted octanol–water partition coefficient (Wildman–Crippen LogP) is 4.20. The van der Waals surface area contributed by atoms with Crippen LogP contribution in [0.5, 0.6) is 0 Å². The molecule has 0 bridgehead atoms. The van der Waals surface area contributed by atoms with Gasteiger partial charge in [-0.2, -0.15) is 0 Å². The van der Waals surface area contributed by atoms with E-state index >= 15 is 0 Å². The van der Waals surface area contributed by atoms with Gasteiger partial charge in [-0.15, -0.1) is 20.6 Å². The van der Waals surface area contributed by atoms with E-state index in [9.17, 15) is 19.2 Å². The molecule has 0 aromatic carbocycles. The van der Waals surface area contributed by atoms with Crippen molar-refractivity contribution in [1.82, 2.24) is 15.2 Å². The van der Waals surface area contributed by atoms with E-state index < -0.39 is 23.8 Å². The van der Waals surface area contributed by atoms with Gasteiger partial charge in [-0.3, -0.25) is 14.4 Å². The fourth-order valence-electron chi connectivity index (χ4n) is 3.70. The van der Waals surface area contributed by atoms with E-state index in [1.807, 2.05) is 13.8 Å². The highest BCUT2D eigenvalue weighted by molar-refractivity contribution is 7.16. The van der Waals surface area contributed by atoms with Crippen LogP contribution in [0.4, 0.5) is 4.79 Å². The zero-order chi connectivity index (χ0) is 28.5. The van der Waals surface area contributed by atoms with Crippen molar-refractivity contribution in [3.8, 4) is 0 Å². The quantitative estimate of drug-likeness (QED) is 0.230. The van der Waals surface area contributed by atoms with Gasteiger partial charge in [-0.25, -0.2) is 9.78 Å². The summed E-state index contributed by atoms with van der Waals surface area (Å²) in [6.07, 6.45) is 0.0247. The first-order chi connectivity index (χ1) is 17.1. The van der Waals surface area contributed by atoms with Crippen LogP contribution in [0.1, 0.15) is 82.9 Å². The minimum Gasteiger partial charge on any atom is -0.469 e. The number of carbonyl (C=O) groups excluding carboxylic acids is 4. The first-order valence-electron chi connectivity index (χ1n) is 12.3. The smallest absolute Gasteiger partial charge is 0.410 e. The Hall–Kier alpha value is -2.26. The maximum Gasteiger partial charge on any atom is 0.410 e. The Balaban J connectivity index is 3.07. The second kappa shape index (κ2) is 14.6. The van der Waals surface area contributed by atoms with E-state index in [0.717, 1.165) is 0 Å². The number of thiazole rings is 1. The lowest BCUT2D eigenvalue weighted by atomic mass is 9.96. The summed E-state index contributed by atoms with van der Waals surface area (Å²) in [6.45, 7) is 12.4. The molecule has 37 heavy (non-hydrogen) atoms. The maximum atomic E-state index is 12.9. The van der Waals surface area contributed by atoms with Gasteiger partial charge in [0.05, 0.1) is 13.0 Å². The number of hydrogen-bond donors (Lipinski definition) is 1. The average Bonchev–Trinajstić information content (AvgIpc) is 3.28. The second-order valence-corrected chi connectivity index (χ2v) is 11.7. The van der Waals surface area contributed by atoms with Gasteiger partial charge in [0.25, 0.3) is 5.91 Å². The number of carbonyl (C=O) groups is 4. The first-order valence-corrected chi connectivity index (χ1v) is 14.0.